The van der Waals surface area contributed by atoms with Crippen molar-refractivity contribution in [2.75, 3.05) is 18.4 Å². The highest BCUT2D eigenvalue weighted by Crippen LogP contribution is 2.19. The maximum Gasteiger partial charge on any atom is 0.107 e. The normalized spacial score (nSPS) is 19.1. The van der Waals surface area contributed by atoms with Crippen molar-refractivity contribution < 1.29 is 0 Å². The Morgan fingerprint density at radius 1 is 1.50 bits per heavy atom. The van der Waals surface area contributed by atoms with E-state index in [4.69, 9.17) is 0 Å². The van der Waals surface area contributed by atoms with Crippen molar-refractivity contribution in [2.24, 2.45) is 5.92 Å². The van der Waals surface area contributed by atoms with Gasteiger partial charge in [0.15, 0.2) is 0 Å². The van der Waals surface area contributed by atoms with E-state index >= 15 is 0 Å². The second-order valence-corrected chi connectivity index (χ2v) is 6.37. The lowest BCUT2D eigenvalue weighted by Gasteiger charge is -2.29. The minimum absolute atomic E-state index is 0.913. The number of aryl methyl sites for hydroxylation is 1. The third kappa shape index (κ3) is 3.54. The lowest BCUT2D eigenvalue weighted by Crippen LogP contribution is -2.32. The number of nitrogens with zero attached hydrogens (tertiary/aromatic N) is 2. The fourth-order valence-electron chi connectivity index (χ4n) is 2.04. The Morgan fingerprint density at radius 3 is 2.94 bits per heavy atom. The lowest BCUT2D eigenvalue weighted by molar-refractivity contribution is 0.185. The largest absolute Gasteiger partial charge is 0.297 e. The quantitative estimate of drug-likeness (QED) is 0.793. The first-order chi connectivity index (χ1) is 7.78. The summed E-state index contributed by atoms with van der Waals surface area (Å²) >= 11 is 5.26. The van der Waals surface area contributed by atoms with Crippen LogP contribution < -0.4 is 0 Å². The van der Waals surface area contributed by atoms with Crippen LogP contribution in [-0.4, -0.2) is 28.3 Å². The van der Waals surface area contributed by atoms with Crippen LogP contribution in [0.4, 0.5) is 0 Å². The molecule has 0 aliphatic carbocycles. The van der Waals surface area contributed by atoms with Crippen LogP contribution in [0.2, 0.25) is 0 Å². The summed E-state index contributed by atoms with van der Waals surface area (Å²) in [5.41, 5.74) is 1.24. The summed E-state index contributed by atoms with van der Waals surface area (Å²) in [4.78, 5) is 7.20. The van der Waals surface area contributed by atoms with Crippen LogP contribution in [0.25, 0.3) is 0 Å². The Bertz CT molecular complexity index is 319. The van der Waals surface area contributed by atoms with Gasteiger partial charge in [-0.05, 0) is 31.8 Å². The Balaban J connectivity index is 1.83. The molecule has 1 aromatic heterocycles. The molecule has 0 amide bonds. The van der Waals surface area contributed by atoms with Crippen molar-refractivity contribution in [1.82, 2.24) is 9.88 Å². The number of halogens is 1. The summed E-state index contributed by atoms with van der Waals surface area (Å²) < 4.78 is 0. The van der Waals surface area contributed by atoms with Crippen molar-refractivity contribution in [1.29, 1.82) is 0 Å². The molecule has 0 saturated carbocycles. The molecule has 1 aliphatic heterocycles. The average Bonchev–Trinajstić information content (AvgIpc) is 2.70. The fraction of sp³-hybridized carbons (Fsp3) is 0.750. The molecule has 0 bridgehead atoms. The van der Waals surface area contributed by atoms with Crippen LogP contribution in [0.3, 0.4) is 0 Å². The number of piperidine rings is 1. The molecule has 4 heteroatoms. The molecule has 0 N–H and O–H groups in total. The van der Waals surface area contributed by atoms with Crippen molar-refractivity contribution in [3.8, 4) is 0 Å². The number of aromatic nitrogens is 1. The highest BCUT2D eigenvalue weighted by molar-refractivity contribution is 9.09. The number of alkyl halides is 1. The molecule has 1 aliphatic rings. The van der Waals surface area contributed by atoms with Crippen molar-refractivity contribution in [3.05, 3.63) is 16.1 Å². The predicted molar refractivity (Wildman–Crippen MR) is 73.3 cm³/mol. The third-order valence-electron chi connectivity index (χ3n) is 3.19. The molecule has 16 heavy (non-hydrogen) atoms. The number of hydrogen-bond donors (Lipinski definition) is 0. The summed E-state index contributed by atoms with van der Waals surface area (Å²) in [5, 5.41) is 4.49. The van der Waals surface area contributed by atoms with Gasteiger partial charge < -0.3 is 0 Å². The van der Waals surface area contributed by atoms with Crippen LogP contribution in [0, 0.1) is 5.92 Å². The molecule has 1 aromatic rings. The van der Waals surface area contributed by atoms with Gasteiger partial charge in [-0.3, -0.25) is 4.90 Å². The molecule has 0 atom stereocenters. The minimum Gasteiger partial charge on any atom is -0.297 e. The van der Waals surface area contributed by atoms with Gasteiger partial charge in [-0.1, -0.05) is 22.9 Å². The number of thiazole rings is 1. The van der Waals surface area contributed by atoms with Gasteiger partial charge >= 0.3 is 0 Å². The summed E-state index contributed by atoms with van der Waals surface area (Å²) in [6.45, 7) is 5.90. The SMILES string of the molecule is CC1CCN(Cc2nc(CCBr)cs2)CC1. The topological polar surface area (TPSA) is 16.1 Å². The Hall–Kier alpha value is 0.0700. The molecular formula is C12H19BrN2S. The predicted octanol–water partition coefficient (Wildman–Crippen LogP) is 3.31. The van der Waals surface area contributed by atoms with E-state index in [2.05, 4.69) is 38.1 Å². The summed E-state index contributed by atoms with van der Waals surface area (Å²) in [7, 11) is 0. The standard InChI is InChI=1S/C12H19BrN2S/c1-10-3-6-15(7-4-10)8-12-14-11(2-5-13)9-16-12/h9-10H,2-8H2,1H3. The van der Waals surface area contributed by atoms with E-state index in [0.717, 1.165) is 24.2 Å². The van der Waals surface area contributed by atoms with Crippen LogP contribution in [0.5, 0.6) is 0 Å². The van der Waals surface area contributed by atoms with E-state index < -0.39 is 0 Å². The zero-order valence-electron chi connectivity index (χ0n) is 9.79. The van der Waals surface area contributed by atoms with Crippen molar-refractivity contribution in [2.45, 2.75) is 32.7 Å². The molecule has 0 aromatic carbocycles. The first kappa shape index (κ1) is 12.5. The Morgan fingerprint density at radius 2 is 2.25 bits per heavy atom. The zero-order chi connectivity index (χ0) is 11.4. The second-order valence-electron chi connectivity index (χ2n) is 4.63. The summed E-state index contributed by atoms with van der Waals surface area (Å²) in [6.07, 6.45) is 3.74. The maximum atomic E-state index is 4.66. The van der Waals surface area contributed by atoms with Crippen molar-refractivity contribution >= 4 is 27.3 Å². The third-order valence-corrected chi connectivity index (χ3v) is 4.46. The van der Waals surface area contributed by atoms with Gasteiger partial charge in [0.1, 0.15) is 5.01 Å². The fourth-order valence-corrected chi connectivity index (χ4v) is 3.32. The molecule has 1 fully saturated rings. The first-order valence-electron chi connectivity index (χ1n) is 5.99. The minimum atomic E-state index is 0.913. The highest BCUT2D eigenvalue weighted by atomic mass is 79.9. The number of hydrogen-bond acceptors (Lipinski definition) is 3. The lowest BCUT2D eigenvalue weighted by atomic mass is 9.99. The maximum absolute atomic E-state index is 4.66. The molecule has 1 saturated heterocycles. The number of rotatable bonds is 4. The Labute approximate surface area is 110 Å². The second kappa shape index (κ2) is 6.12. The van der Waals surface area contributed by atoms with Crippen LogP contribution in [0.15, 0.2) is 5.38 Å². The molecule has 90 valence electrons. The molecule has 2 rings (SSSR count). The van der Waals surface area contributed by atoms with Crippen LogP contribution in [0.1, 0.15) is 30.5 Å². The van der Waals surface area contributed by atoms with Crippen LogP contribution in [-0.2, 0) is 13.0 Å². The first-order valence-corrected chi connectivity index (χ1v) is 7.99. The van der Waals surface area contributed by atoms with Gasteiger partial charge in [-0.2, -0.15) is 0 Å². The van der Waals surface area contributed by atoms with Gasteiger partial charge in [0.05, 0.1) is 12.2 Å². The van der Waals surface area contributed by atoms with Crippen LogP contribution >= 0.6 is 27.3 Å². The molecule has 0 spiro atoms. The van der Waals surface area contributed by atoms with Gasteiger partial charge in [0, 0.05) is 17.1 Å². The van der Waals surface area contributed by atoms with Gasteiger partial charge in [0.2, 0.25) is 0 Å². The van der Waals surface area contributed by atoms with Gasteiger partial charge in [-0.25, -0.2) is 4.98 Å². The van der Waals surface area contributed by atoms with E-state index in [-0.39, 0.29) is 0 Å². The number of likely N-dealkylation sites (tertiary alicyclic amines) is 1. The monoisotopic (exact) mass is 302 g/mol. The Kier molecular flexibility index (Phi) is 4.79. The van der Waals surface area contributed by atoms with E-state index in [1.165, 1.54) is 36.6 Å². The van der Waals surface area contributed by atoms with E-state index in [0.29, 0.717) is 0 Å². The van der Waals surface area contributed by atoms with E-state index in [1.54, 1.807) is 0 Å². The smallest absolute Gasteiger partial charge is 0.107 e. The molecule has 0 radical (unpaired) electrons. The molecule has 2 nitrogen and oxygen atoms in total. The summed E-state index contributed by atoms with van der Waals surface area (Å²) in [6, 6.07) is 0. The summed E-state index contributed by atoms with van der Waals surface area (Å²) in [5.74, 6) is 0.913. The average molecular weight is 303 g/mol. The van der Waals surface area contributed by atoms with E-state index in [9.17, 15) is 0 Å². The van der Waals surface area contributed by atoms with E-state index in [1.807, 2.05) is 11.3 Å². The van der Waals surface area contributed by atoms with Gasteiger partial charge in [-0.15, -0.1) is 11.3 Å². The molecular weight excluding hydrogens is 284 g/mol. The molecule has 0 unspecified atom stereocenters. The molecule has 2 heterocycles. The van der Waals surface area contributed by atoms with Crippen molar-refractivity contribution in [3.63, 3.8) is 0 Å². The highest BCUT2D eigenvalue weighted by Gasteiger charge is 2.16. The van der Waals surface area contributed by atoms with Gasteiger partial charge in [0.25, 0.3) is 0 Å². The zero-order valence-corrected chi connectivity index (χ0v) is 12.2.